The van der Waals surface area contributed by atoms with Crippen molar-refractivity contribution in [1.82, 2.24) is 5.32 Å². The van der Waals surface area contributed by atoms with Gasteiger partial charge in [0.05, 0.1) is 39.9 Å². The van der Waals surface area contributed by atoms with Crippen LogP contribution in [0.5, 0.6) is 0 Å². The molecule has 0 aromatic carbocycles. The van der Waals surface area contributed by atoms with Crippen LogP contribution in [-0.2, 0) is 18.4 Å². The number of hydrogen-bond acceptors (Lipinski definition) is 6. The molecule has 0 aromatic rings. The normalized spacial score (nSPS) is 16.2. The van der Waals surface area contributed by atoms with Crippen LogP contribution >= 0.6 is 7.82 Å². The molecule has 0 fully saturated rings. The third kappa shape index (κ3) is 16.9. The smallest absolute Gasteiger partial charge is 0.268 e. The molecule has 3 unspecified atom stereocenters. The second-order valence-corrected chi connectivity index (χ2v) is 10.0. The molecule has 0 bridgehead atoms. The van der Waals surface area contributed by atoms with E-state index in [0.29, 0.717) is 30.3 Å². The molecule has 0 rings (SSSR count). The summed E-state index contributed by atoms with van der Waals surface area (Å²) >= 11 is 0. The van der Waals surface area contributed by atoms with Gasteiger partial charge in [0.1, 0.15) is 13.2 Å². The highest BCUT2D eigenvalue weighted by atomic mass is 31.2. The third-order valence-corrected chi connectivity index (χ3v) is 5.53. The summed E-state index contributed by atoms with van der Waals surface area (Å²) in [5, 5.41) is 13.2. The molecule has 1 amide bonds. The molecule has 0 spiro atoms. The Labute approximate surface area is 177 Å². The number of phosphoric ester groups is 1. The number of phosphoric acid groups is 1. The first-order chi connectivity index (χ1) is 13.5. The van der Waals surface area contributed by atoms with Crippen LogP contribution in [0.3, 0.4) is 0 Å². The zero-order chi connectivity index (χ0) is 22.3. The quantitative estimate of drug-likeness (QED) is 0.193. The summed E-state index contributed by atoms with van der Waals surface area (Å²) in [4.78, 5) is 24.0. The van der Waals surface area contributed by atoms with Crippen molar-refractivity contribution in [2.24, 2.45) is 0 Å². The summed E-state index contributed by atoms with van der Waals surface area (Å²) in [6.07, 6.45) is 7.09. The molecule has 9 heteroatoms. The number of hydrogen-bond donors (Lipinski definition) is 2. The summed E-state index contributed by atoms with van der Waals surface area (Å²) in [7, 11) is 1.29. The van der Waals surface area contributed by atoms with Gasteiger partial charge in [-0.15, -0.1) is 0 Å². The number of quaternary nitrogens is 1. The van der Waals surface area contributed by atoms with Crippen molar-refractivity contribution in [2.75, 3.05) is 40.9 Å². The number of unbranched alkanes of at least 4 members (excludes halogenated alkanes) is 5. The van der Waals surface area contributed by atoms with Crippen LogP contribution in [0.15, 0.2) is 0 Å². The number of aliphatic hydroxyl groups is 1. The Balaban J connectivity index is 4.57. The third-order valence-electron chi connectivity index (χ3n) is 4.57. The zero-order valence-corrected chi connectivity index (χ0v) is 19.9. The molecule has 0 aliphatic rings. The Hall–Kier alpha value is -0.500. The van der Waals surface area contributed by atoms with Crippen LogP contribution < -0.4 is 10.2 Å². The molecule has 0 saturated heterocycles. The first-order valence-corrected chi connectivity index (χ1v) is 12.3. The van der Waals surface area contributed by atoms with Crippen molar-refractivity contribution < 1.29 is 32.9 Å². The van der Waals surface area contributed by atoms with Crippen molar-refractivity contribution in [2.45, 2.75) is 83.8 Å². The van der Waals surface area contributed by atoms with Crippen LogP contribution in [-0.4, -0.2) is 68.5 Å². The highest BCUT2D eigenvalue weighted by molar-refractivity contribution is 7.45. The Kier molecular flexibility index (Phi) is 15.1. The minimum atomic E-state index is -4.50. The summed E-state index contributed by atoms with van der Waals surface area (Å²) < 4.78 is 22.4. The molecule has 0 saturated carbocycles. The second-order valence-electron chi connectivity index (χ2n) is 8.64. The van der Waals surface area contributed by atoms with Crippen LogP contribution in [0, 0.1) is 0 Å². The Morgan fingerprint density at radius 2 is 1.69 bits per heavy atom. The molecule has 174 valence electrons. The molecule has 8 nitrogen and oxygen atoms in total. The largest absolute Gasteiger partial charge is 0.756 e. The van der Waals surface area contributed by atoms with Crippen LogP contribution in [0.4, 0.5) is 0 Å². The second kappa shape index (κ2) is 15.3. The lowest BCUT2D eigenvalue weighted by atomic mass is 10.0. The molecule has 0 aliphatic heterocycles. The molecule has 0 aliphatic carbocycles. The van der Waals surface area contributed by atoms with Gasteiger partial charge in [0, 0.05) is 6.42 Å². The van der Waals surface area contributed by atoms with E-state index in [9.17, 15) is 19.4 Å². The number of nitrogens with one attached hydrogen (secondary N) is 1. The summed E-state index contributed by atoms with van der Waals surface area (Å²) in [6.45, 7) is 4.22. The van der Waals surface area contributed by atoms with E-state index in [0.717, 1.165) is 19.3 Å². The lowest BCUT2D eigenvalue weighted by Gasteiger charge is -2.30. The van der Waals surface area contributed by atoms with Crippen molar-refractivity contribution in [3.8, 4) is 0 Å². The Morgan fingerprint density at radius 1 is 1.07 bits per heavy atom. The first kappa shape index (κ1) is 28.5. The number of aliphatic hydroxyl groups excluding tert-OH is 1. The van der Waals surface area contributed by atoms with Gasteiger partial charge in [0.25, 0.3) is 7.82 Å². The predicted molar refractivity (Wildman–Crippen MR) is 113 cm³/mol. The minimum Gasteiger partial charge on any atom is -0.756 e. The number of carbonyl (C=O) groups excluding carboxylic acids is 1. The Bertz CT molecular complexity index is 484. The van der Waals surface area contributed by atoms with Gasteiger partial charge >= 0.3 is 0 Å². The Morgan fingerprint density at radius 3 is 2.28 bits per heavy atom. The van der Waals surface area contributed by atoms with E-state index in [1.807, 2.05) is 28.1 Å². The maximum atomic E-state index is 12.0. The van der Waals surface area contributed by atoms with Gasteiger partial charge in [0.2, 0.25) is 5.91 Å². The van der Waals surface area contributed by atoms with E-state index in [4.69, 9.17) is 9.05 Å². The van der Waals surface area contributed by atoms with Crippen LogP contribution in [0.25, 0.3) is 0 Å². The number of nitrogens with zero attached hydrogens (tertiary/aromatic N) is 1. The zero-order valence-electron chi connectivity index (χ0n) is 19.0. The highest BCUT2D eigenvalue weighted by Gasteiger charge is 2.24. The van der Waals surface area contributed by atoms with Gasteiger partial charge in [0.15, 0.2) is 0 Å². The maximum absolute atomic E-state index is 12.0. The molecular formula is C20H43N2O6P. The van der Waals surface area contributed by atoms with E-state index in [2.05, 4.69) is 12.2 Å². The van der Waals surface area contributed by atoms with Gasteiger partial charge in [-0.25, -0.2) is 0 Å². The monoisotopic (exact) mass is 438 g/mol. The average molecular weight is 439 g/mol. The summed E-state index contributed by atoms with van der Waals surface area (Å²) in [5.74, 6) is -0.227. The van der Waals surface area contributed by atoms with Gasteiger partial charge in [-0.1, -0.05) is 52.4 Å². The van der Waals surface area contributed by atoms with Crippen molar-refractivity contribution in [3.63, 3.8) is 0 Å². The lowest BCUT2D eigenvalue weighted by Crippen LogP contribution is -2.46. The molecular weight excluding hydrogens is 395 g/mol. The van der Waals surface area contributed by atoms with E-state index in [-0.39, 0.29) is 19.1 Å². The summed E-state index contributed by atoms with van der Waals surface area (Å²) in [6, 6.07) is -0.783. The van der Waals surface area contributed by atoms with Crippen molar-refractivity contribution in [1.29, 1.82) is 0 Å². The number of carbonyl (C=O) groups is 1. The van der Waals surface area contributed by atoms with Crippen molar-refractivity contribution >= 4 is 13.7 Å². The van der Waals surface area contributed by atoms with Gasteiger partial charge in [-0.3, -0.25) is 9.36 Å². The number of likely N-dealkylation sites (N-methyl/N-ethyl adjacent to an activating group) is 1. The van der Waals surface area contributed by atoms with Crippen LogP contribution in [0.2, 0.25) is 0 Å². The minimum absolute atomic E-state index is 0.0114. The number of rotatable bonds is 18. The van der Waals surface area contributed by atoms with Gasteiger partial charge < -0.3 is 28.8 Å². The van der Waals surface area contributed by atoms with E-state index < -0.39 is 20.0 Å². The predicted octanol–water partition coefficient (Wildman–Crippen LogP) is 2.59. The summed E-state index contributed by atoms with van der Waals surface area (Å²) in [5.41, 5.74) is 0. The van der Waals surface area contributed by atoms with Crippen molar-refractivity contribution in [3.05, 3.63) is 0 Å². The SMILES string of the molecule is CCCCCCCCC(O)C(COP(=O)([O-])OCC[N+](C)(C)C)NC(=O)CCC. The van der Waals surface area contributed by atoms with Gasteiger partial charge in [-0.2, -0.15) is 0 Å². The maximum Gasteiger partial charge on any atom is 0.268 e. The standard InChI is InChI=1S/C20H43N2O6P/c1-6-8-9-10-11-12-14-19(23)18(21-20(24)13-7-2)17-28-29(25,26)27-16-15-22(3,4)5/h18-19,23H,6-17H2,1-5H3,(H-,21,24,25,26). The van der Waals surface area contributed by atoms with Crippen LogP contribution in [0.1, 0.15) is 71.6 Å². The fraction of sp³-hybridized carbons (Fsp3) is 0.950. The number of amides is 1. The molecule has 0 radical (unpaired) electrons. The first-order valence-electron chi connectivity index (χ1n) is 10.9. The molecule has 0 heterocycles. The van der Waals surface area contributed by atoms with Gasteiger partial charge in [-0.05, 0) is 12.8 Å². The highest BCUT2D eigenvalue weighted by Crippen LogP contribution is 2.38. The fourth-order valence-corrected chi connectivity index (χ4v) is 3.45. The van der Waals surface area contributed by atoms with E-state index >= 15 is 0 Å². The molecule has 29 heavy (non-hydrogen) atoms. The molecule has 3 atom stereocenters. The van der Waals surface area contributed by atoms with E-state index in [1.54, 1.807) is 0 Å². The molecule has 2 N–H and O–H groups in total. The topological polar surface area (TPSA) is 108 Å². The average Bonchev–Trinajstić information content (AvgIpc) is 2.60. The van der Waals surface area contributed by atoms with E-state index in [1.165, 1.54) is 19.3 Å². The lowest BCUT2D eigenvalue weighted by molar-refractivity contribution is -0.870. The fourth-order valence-electron chi connectivity index (χ4n) is 2.73. The molecule has 0 aromatic heterocycles.